The van der Waals surface area contributed by atoms with Crippen LogP contribution in [0.2, 0.25) is 0 Å². The Morgan fingerprint density at radius 1 is 1.00 bits per heavy atom. The quantitative estimate of drug-likeness (QED) is 0.705. The minimum Gasteiger partial charge on any atom is -0.381 e. The van der Waals surface area contributed by atoms with Crippen LogP contribution in [-0.4, -0.2) is 19.8 Å². The van der Waals surface area contributed by atoms with Gasteiger partial charge in [-0.2, -0.15) is 0 Å². The molecule has 0 heterocycles. The summed E-state index contributed by atoms with van der Waals surface area (Å²) in [5.41, 5.74) is 5.71. The molecule has 0 aromatic rings. The zero-order valence-corrected chi connectivity index (χ0v) is 8.37. The molecule has 2 atom stereocenters. The topological polar surface area (TPSA) is 35.2 Å². The van der Waals surface area contributed by atoms with Gasteiger partial charge in [0.1, 0.15) is 0 Å². The third-order valence-corrected chi connectivity index (χ3v) is 3.50. The molecule has 2 fully saturated rings. The van der Waals surface area contributed by atoms with E-state index >= 15 is 0 Å². The molecule has 0 bridgehead atoms. The molecule has 2 rings (SSSR count). The van der Waals surface area contributed by atoms with E-state index in [-0.39, 0.29) is 0 Å². The van der Waals surface area contributed by atoms with Gasteiger partial charge in [-0.15, -0.1) is 0 Å². The fourth-order valence-electron chi connectivity index (χ4n) is 2.31. The van der Waals surface area contributed by atoms with Gasteiger partial charge in [0.25, 0.3) is 0 Å². The number of hydrogen-bond donors (Lipinski definition) is 1. The van der Waals surface area contributed by atoms with Crippen LogP contribution in [0.3, 0.4) is 0 Å². The maximum atomic E-state index is 5.72. The molecule has 13 heavy (non-hydrogen) atoms. The molecule has 0 saturated heterocycles. The summed E-state index contributed by atoms with van der Waals surface area (Å²) >= 11 is 0. The van der Waals surface area contributed by atoms with Crippen LogP contribution in [0, 0.1) is 17.8 Å². The number of nitrogens with two attached hydrogens (primary N) is 1. The second kappa shape index (κ2) is 4.43. The Kier molecular flexibility index (Phi) is 3.23. The predicted octanol–water partition coefficient (Wildman–Crippen LogP) is 1.79. The fourth-order valence-corrected chi connectivity index (χ4v) is 2.31. The highest BCUT2D eigenvalue weighted by atomic mass is 16.5. The van der Waals surface area contributed by atoms with Crippen molar-refractivity contribution in [1.82, 2.24) is 0 Å². The summed E-state index contributed by atoms with van der Waals surface area (Å²) in [6, 6.07) is 0. The van der Waals surface area contributed by atoms with E-state index in [1.807, 2.05) is 0 Å². The lowest BCUT2D eigenvalue weighted by molar-refractivity contribution is 0.0796. The van der Waals surface area contributed by atoms with Crippen LogP contribution in [-0.2, 0) is 4.74 Å². The second-order valence-corrected chi connectivity index (χ2v) is 4.67. The van der Waals surface area contributed by atoms with Crippen molar-refractivity contribution in [3.63, 3.8) is 0 Å². The average molecular weight is 183 g/mol. The van der Waals surface area contributed by atoms with Gasteiger partial charge in [-0.3, -0.25) is 0 Å². The molecule has 0 aliphatic heterocycles. The highest BCUT2D eigenvalue weighted by Crippen LogP contribution is 2.32. The summed E-state index contributed by atoms with van der Waals surface area (Å²) < 4.78 is 5.72. The number of hydrogen-bond acceptors (Lipinski definition) is 2. The molecule has 0 aromatic heterocycles. The zero-order valence-electron chi connectivity index (χ0n) is 8.37. The zero-order chi connectivity index (χ0) is 9.10. The van der Waals surface area contributed by atoms with E-state index in [0.717, 1.165) is 37.5 Å². The van der Waals surface area contributed by atoms with Gasteiger partial charge in [0, 0.05) is 13.2 Å². The third-order valence-electron chi connectivity index (χ3n) is 3.50. The Hall–Kier alpha value is -0.0800. The van der Waals surface area contributed by atoms with Crippen LogP contribution in [0.15, 0.2) is 0 Å². The van der Waals surface area contributed by atoms with Crippen molar-refractivity contribution in [3.8, 4) is 0 Å². The molecule has 2 aliphatic carbocycles. The molecular formula is C11H21NO. The van der Waals surface area contributed by atoms with E-state index in [0.29, 0.717) is 0 Å². The molecule has 2 nitrogen and oxygen atoms in total. The first-order valence-corrected chi connectivity index (χ1v) is 5.68. The average Bonchev–Trinajstić information content (AvgIpc) is 2.84. The number of rotatable bonds is 5. The third kappa shape index (κ3) is 2.68. The van der Waals surface area contributed by atoms with E-state index in [9.17, 15) is 0 Å². The van der Waals surface area contributed by atoms with Crippen molar-refractivity contribution in [3.05, 3.63) is 0 Å². The molecule has 76 valence electrons. The Bertz CT molecular complexity index is 156. The first-order chi connectivity index (χ1) is 6.40. The molecule has 0 radical (unpaired) electrons. The van der Waals surface area contributed by atoms with Crippen LogP contribution in [0.25, 0.3) is 0 Å². The normalized spacial score (nSPS) is 33.9. The van der Waals surface area contributed by atoms with Crippen LogP contribution in [0.4, 0.5) is 0 Å². The summed E-state index contributed by atoms with van der Waals surface area (Å²) in [6.07, 6.45) is 6.82. The van der Waals surface area contributed by atoms with Gasteiger partial charge in [0.2, 0.25) is 0 Å². The smallest absolute Gasteiger partial charge is 0.0497 e. The van der Waals surface area contributed by atoms with Crippen LogP contribution < -0.4 is 5.73 Å². The summed E-state index contributed by atoms with van der Waals surface area (Å²) in [7, 11) is 0. The Morgan fingerprint density at radius 2 is 1.77 bits per heavy atom. The fraction of sp³-hybridized carbons (Fsp3) is 1.00. The molecule has 0 aromatic carbocycles. The monoisotopic (exact) mass is 183 g/mol. The van der Waals surface area contributed by atoms with E-state index in [4.69, 9.17) is 10.5 Å². The second-order valence-electron chi connectivity index (χ2n) is 4.67. The first-order valence-electron chi connectivity index (χ1n) is 5.68. The molecule has 0 amide bonds. The lowest BCUT2D eigenvalue weighted by atomic mass is 9.97. The largest absolute Gasteiger partial charge is 0.381 e. The van der Waals surface area contributed by atoms with Crippen molar-refractivity contribution < 1.29 is 4.74 Å². The summed E-state index contributed by atoms with van der Waals surface area (Å²) in [5, 5.41) is 0. The molecule has 2 heteroatoms. The van der Waals surface area contributed by atoms with Gasteiger partial charge >= 0.3 is 0 Å². The maximum absolute atomic E-state index is 5.72. The van der Waals surface area contributed by atoms with Crippen molar-refractivity contribution in [2.24, 2.45) is 23.5 Å². The van der Waals surface area contributed by atoms with Crippen LogP contribution in [0.1, 0.15) is 32.1 Å². The Labute approximate surface area is 80.8 Å². The van der Waals surface area contributed by atoms with Crippen molar-refractivity contribution >= 4 is 0 Å². The van der Waals surface area contributed by atoms with Crippen molar-refractivity contribution in [1.29, 1.82) is 0 Å². The highest BCUT2D eigenvalue weighted by molar-refractivity contribution is 4.78. The lowest BCUT2D eigenvalue weighted by Crippen LogP contribution is -2.22. The molecule has 2 N–H and O–H groups in total. The summed E-state index contributed by atoms with van der Waals surface area (Å²) in [6.45, 7) is 2.84. The molecule has 2 aliphatic rings. The van der Waals surface area contributed by atoms with E-state index < -0.39 is 0 Å². The maximum Gasteiger partial charge on any atom is 0.0497 e. The standard InChI is InChI=1S/C11H21NO/c12-6-10-2-1-3-11(10)8-13-7-9-4-5-9/h9-11H,1-8,12H2. The molecule has 0 spiro atoms. The van der Waals surface area contributed by atoms with E-state index in [1.165, 1.54) is 32.1 Å². The van der Waals surface area contributed by atoms with Crippen LogP contribution in [0.5, 0.6) is 0 Å². The highest BCUT2D eigenvalue weighted by Gasteiger charge is 2.27. The Balaban J connectivity index is 1.61. The van der Waals surface area contributed by atoms with Crippen molar-refractivity contribution in [2.75, 3.05) is 19.8 Å². The SMILES string of the molecule is NCC1CCCC1COCC1CC1. The van der Waals surface area contributed by atoms with Gasteiger partial charge in [-0.25, -0.2) is 0 Å². The molecule has 2 saturated carbocycles. The van der Waals surface area contributed by atoms with Gasteiger partial charge in [-0.05, 0) is 50.0 Å². The minimum atomic E-state index is 0.749. The molecular weight excluding hydrogens is 162 g/mol. The Morgan fingerprint density at radius 3 is 2.46 bits per heavy atom. The number of ether oxygens (including phenoxy) is 1. The van der Waals surface area contributed by atoms with Crippen LogP contribution >= 0.6 is 0 Å². The van der Waals surface area contributed by atoms with Gasteiger partial charge < -0.3 is 10.5 Å². The lowest BCUT2D eigenvalue weighted by Gasteiger charge is -2.17. The summed E-state index contributed by atoms with van der Waals surface area (Å²) in [5.74, 6) is 2.42. The van der Waals surface area contributed by atoms with Gasteiger partial charge in [0.05, 0.1) is 0 Å². The first kappa shape index (κ1) is 9.47. The van der Waals surface area contributed by atoms with E-state index in [1.54, 1.807) is 0 Å². The van der Waals surface area contributed by atoms with Gasteiger partial charge in [-0.1, -0.05) is 6.42 Å². The van der Waals surface area contributed by atoms with Gasteiger partial charge in [0.15, 0.2) is 0 Å². The van der Waals surface area contributed by atoms with Crippen molar-refractivity contribution in [2.45, 2.75) is 32.1 Å². The van der Waals surface area contributed by atoms with E-state index in [2.05, 4.69) is 0 Å². The summed E-state index contributed by atoms with van der Waals surface area (Å²) in [4.78, 5) is 0. The molecule has 2 unspecified atom stereocenters. The minimum absolute atomic E-state index is 0.749. The predicted molar refractivity (Wildman–Crippen MR) is 53.4 cm³/mol.